The lowest BCUT2D eigenvalue weighted by molar-refractivity contribution is -0.117. The highest BCUT2D eigenvalue weighted by Gasteiger charge is 2.24. The molecule has 0 atom stereocenters. The number of imide groups is 1. The minimum Gasteiger partial charge on any atom is -0.341 e. The first-order valence-corrected chi connectivity index (χ1v) is 10.6. The van der Waals surface area contributed by atoms with Gasteiger partial charge in [-0.15, -0.1) is 21.5 Å². The number of nitrogens with zero attached hydrogens (tertiary/aromatic N) is 3. The van der Waals surface area contributed by atoms with Crippen molar-refractivity contribution >= 4 is 35.0 Å². The number of hydrogen-bond acceptors (Lipinski definition) is 6. The highest BCUT2D eigenvalue weighted by molar-refractivity contribution is 7.99. The monoisotopic (exact) mass is 393 g/mol. The van der Waals surface area contributed by atoms with Crippen LogP contribution in [-0.4, -0.2) is 39.5 Å². The maximum absolute atomic E-state index is 11.9. The Kier molecular flexibility index (Phi) is 6.67. The summed E-state index contributed by atoms with van der Waals surface area (Å²) in [6.45, 7) is 0. The number of thiophene rings is 1. The van der Waals surface area contributed by atoms with Crippen molar-refractivity contribution in [2.24, 2.45) is 0 Å². The van der Waals surface area contributed by atoms with Crippen molar-refractivity contribution in [3.8, 4) is 0 Å². The Morgan fingerprint density at radius 3 is 2.81 bits per heavy atom. The summed E-state index contributed by atoms with van der Waals surface area (Å²) < 4.78 is 2.22. The van der Waals surface area contributed by atoms with Gasteiger partial charge in [0.2, 0.25) is 5.91 Å². The molecule has 2 aromatic heterocycles. The second-order valence-electron chi connectivity index (χ2n) is 6.23. The van der Waals surface area contributed by atoms with E-state index in [1.54, 1.807) is 11.3 Å². The minimum absolute atomic E-state index is 0.136. The second-order valence-corrected chi connectivity index (χ2v) is 8.21. The molecule has 0 aliphatic heterocycles. The quantitative estimate of drug-likeness (QED) is 0.737. The molecule has 3 rings (SSSR count). The van der Waals surface area contributed by atoms with Crippen molar-refractivity contribution < 1.29 is 9.59 Å². The maximum atomic E-state index is 11.9. The van der Waals surface area contributed by atoms with Gasteiger partial charge >= 0.3 is 6.03 Å². The van der Waals surface area contributed by atoms with Crippen LogP contribution in [0.4, 0.5) is 4.79 Å². The molecule has 0 aromatic carbocycles. The van der Waals surface area contributed by atoms with Gasteiger partial charge < -0.3 is 9.88 Å². The zero-order chi connectivity index (χ0) is 18.4. The molecule has 2 aromatic rings. The van der Waals surface area contributed by atoms with Gasteiger partial charge in [-0.05, 0) is 24.3 Å². The lowest BCUT2D eigenvalue weighted by Gasteiger charge is -2.25. The molecule has 1 saturated carbocycles. The molecule has 0 spiro atoms. The first-order valence-electron chi connectivity index (χ1n) is 8.78. The topological polar surface area (TPSA) is 88.9 Å². The molecule has 2 heterocycles. The fourth-order valence-electron chi connectivity index (χ4n) is 3.16. The van der Waals surface area contributed by atoms with Crippen molar-refractivity contribution in [3.05, 3.63) is 28.2 Å². The van der Waals surface area contributed by atoms with Gasteiger partial charge in [0.1, 0.15) is 5.82 Å². The summed E-state index contributed by atoms with van der Waals surface area (Å²) in [4.78, 5) is 24.4. The van der Waals surface area contributed by atoms with Crippen molar-refractivity contribution in [2.75, 3.05) is 12.8 Å². The number of hydrogen-bond donors (Lipinski definition) is 2. The molecule has 0 saturated heterocycles. The van der Waals surface area contributed by atoms with Gasteiger partial charge in [0.25, 0.3) is 0 Å². The van der Waals surface area contributed by atoms with Crippen LogP contribution in [0.3, 0.4) is 0 Å². The maximum Gasteiger partial charge on any atom is 0.321 e. The van der Waals surface area contributed by atoms with Gasteiger partial charge in [0.05, 0.1) is 5.75 Å². The number of carbonyl (C=O) groups is 2. The van der Waals surface area contributed by atoms with Crippen molar-refractivity contribution in [3.63, 3.8) is 0 Å². The average molecular weight is 394 g/mol. The molecular formula is C17H23N5O2S2. The van der Waals surface area contributed by atoms with Gasteiger partial charge in [0, 0.05) is 24.4 Å². The number of amides is 3. The first-order chi connectivity index (χ1) is 12.7. The van der Waals surface area contributed by atoms with Crippen LogP contribution >= 0.6 is 23.1 Å². The highest BCUT2D eigenvalue weighted by atomic mass is 32.2. The molecule has 3 amide bonds. The molecule has 1 fully saturated rings. The van der Waals surface area contributed by atoms with E-state index in [1.165, 1.54) is 42.9 Å². The molecule has 0 unspecified atom stereocenters. The van der Waals surface area contributed by atoms with Gasteiger partial charge in [-0.25, -0.2) is 4.79 Å². The van der Waals surface area contributed by atoms with Gasteiger partial charge in [0.15, 0.2) is 5.16 Å². The Morgan fingerprint density at radius 1 is 1.31 bits per heavy atom. The Morgan fingerprint density at radius 2 is 2.12 bits per heavy atom. The summed E-state index contributed by atoms with van der Waals surface area (Å²) in [6, 6.07) is 4.04. The number of urea groups is 1. The van der Waals surface area contributed by atoms with Gasteiger partial charge in [-0.2, -0.15) is 0 Å². The van der Waals surface area contributed by atoms with E-state index in [2.05, 4.69) is 36.8 Å². The summed E-state index contributed by atoms with van der Waals surface area (Å²) in [7, 11) is 1.48. The van der Waals surface area contributed by atoms with Crippen LogP contribution in [0.25, 0.3) is 0 Å². The van der Waals surface area contributed by atoms with E-state index < -0.39 is 6.03 Å². The van der Waals surface area contributed by atoms with Crippen LogP contribution in [0.5, 0.6) is 0 Å². The third-order valence-corrected chi connectivity index (χ3v) is 6.22. The molecule has 0 bridgehead atoms. The SMILES string of the molecule is CNC(=O)NC(=O)CSc1nnc(Cc2cccs2)n1C1CCCCC1. The molecule has 7 nitrogen and oxygen atoms in total. The predicted molar refractivity (Wildman–Crippen MR) is 103 cm³/mol. The number of rotatable bonds is 6. The summed E-state index contributed by atoms with van der Waals surface area (Å²) in [5.41, 5.74) is 0. The lowest BCUT2D eigenvalue weighted by Crippen LogP contribution is -2.38. The van der Waals surface area contributed by atoms with E-state index in [-0.39, 0.29) is 11.7 Å². The van der Waals surface area contributed by atoms with E-state index in [0.29, 0.717) is 6.04 Å². The Bertz CT molecular complexity index is 738. The van der Waals surface area contributed by atoms with Crippen molar-refractivity contribution in [2.45, 2.75) is 49.7 Å². The zero-order valence-corrected chi connectivity index (χ0v) is 16.4. The molecule has 1 aliphatic rings. The first kappa shape index (κ1) is 18.9. The predicted octanol–water partition coefficient (Wildman–Crippen LogP) is 2.98. The average Bonchev–Trinajstić information content (AvgIpc) is 3.31. The smallest absolute Gasteiger partial charge is 0.321 e. The van der Waals surface area contributed by atoms with E-state index >= 15 is 0 Å². The Balaban J connectivity index is 1.74. The Hall–Kier alpha value is -1.87. The molecule has 2 N–H and O–H groups in total. The summed E-state index contributed by atoms with van der Waals surface area (Å²) in [6.07, 6.45) is 6.69. The molecular weight excluding hydrogens is 370 g/mol. The van der Waals surface area contributed by atoms with Gasteiger partial charge in [-0.1, -0.05) is 37.1 Å². The normalized spacial score (nSPS) is 15.0. The number of carbonyl (C=O) groups excluding carboxylic acids is 2. The molecule has 9 heteroatoms. The molecule has 26 heavy (non-hydrogen) atoms. The van der Waals surface area contributed by atoms with E-state index in [1.807, 2.05) is 6.07 Å². The van der Waals surface area contributed by atoms with Crippen LogP contribution in [0.2, 0.25) is 0 Å². The van der Waals surface area contributed by atoms with E-state index in [4.69, 9.17) is 0 Å². The largest absolute Gasteiger partial charge is 0.341 e. The number of aromatic nitrogens is 3. The van der Waals surface area contributed by atoms with Crippen LogP contribution in [0, 0.1) is 0 Å². The fraction of sp³-hybridized carbons (Fsp3) is 0.529. The number of thioether (sulfide) groups is 1. The second kappa shape index (κ2) is 9.18. The van der Waals surface area contributed by atoms with Crippen LogP contribution in [-0.2, 0) is 11.2 Å². The molecule has 1 aliphatic carbocycles. The number of nitrogens with one attached hydrogen (secondary N) is 2. The summed E-state index contributed by atoms with van der Waals surface area (Å²) >= 11 is 3.05. The van der Waals surface area contributed by atoms with Crippen molar-refractivity contribution in [1.29, 1.82) is 0 Å². The molecule has 140 valence electrons. The van der Waals surface area contributed by atoms with Crippen LogP contribution < -0.4 is 10.6 Å². The zero-order valence-electron chi connectivity index (χ0n) is 14.7. The van der Waals surface area contributed by atoms with Gasteiger partial charge in [-0.3, -0.25) is 10.1 Å². The summed E-state index contributed by atoms with van der Waals surface area (Å²) in [5, 5.41) is 16.2. The van der Waals surface area contributed by atoms with E-state index in [0.717, 1.165) is 30.2 Å². The van der Waals surface area contributed by atoms with Crippen LogP contribution in [0.15, 0.2) is 22.7 Å². The third-order valence-electron chi connectivity index (χ3n) is 4.40. The third kappa shape index (κ3) is 4.85. The highest BCUT2D eigenvalue weighted by Crippen LogP contribution is 2.33. The standard InChI is InChI=1S/C17H23N5O2S2/c1-18-16(24)19-15(23)11-26-17-21-20-14(10-13-8-5-9-25-13)22(17)12-6-3-2-4-7-12/h5,8-9,12H,2-4,6-7,10-11H2,1H3,(H2,18,19,23,24). The van der Waals surface area contributed by atoms with E-state index in [9.17, 15) is 9.59 Å². The lowest BCUT2D eigenvalue weighted by atomic mass is 9.95. The Labute approximate surface area is 161 Å². The van der Waals surface area contributed by atoms with Crippen molar-refractivity contribution in [1.82, 2.24) is 25.4 Å². The minimum atomic E-state index is -0.497. The summed E-state index contributed by atoms with van der Waals surface area (Å²) in [5.74, 6) is 0.748. The molecule has 0 radical (unpaired) electrons. The fourth-order valence-corrected chi connectivity index (χ4v) is 4.68. The van der Waals surface area contributed by atoms with Crippen LogP contribution in [0.1, 0.15) is 48.8 Å².